The van der Waals surface area contributed by atoms with Gasteiger partial charge in [0.25, 0.3) is 0 Å². The molecule has 0 atom stereocenters. The highest BCUT2D eigenvalue weighted by Crippen LogP contribution is 2.56. The van der Waals surface area contributed by atoms with Gasteiger partial charge in [0, 0.05) is 5.54 Å². The van der Waals surface area contributed by atoms with Gasteiger partial charge in [0.1, 0.15) is 12.2 Å². The van der Waals surface area contributed by atoms with E-state index in [4.69, 9.17) is 5.26 Å². The number of rotatable bonds is 4. The van der Waals surface area contributed by atoms with Crippen LogP contribution in [0, 0.1) is 17.8 Å². The molecule has 0 spiro atoms. The molecule has 0 amide bonds. The van der Waals surface area contributed by atoms with Crippen LogP contribution >= 0.6 is 12.2 Å². The Hall–Kier alpha value is 0.190. The van der Waals surface area contributed by atoms with E-state index < -0.39 is 0 Å². The van der Waals surface area contributed by atoms with Crippen LogP contribution in [-0.4, -0.2) is 10.8 Å². The van der Waals surface area contributed by atoms with Gasteiger partial charge in [0.05, 0.1) is 0 Å². The summed E-state index contributed by atoms with van der Waals surface area (Å²) in [6.07, 6.45) is 8.09. The van der Waals surface area contributed by atoms with E-state index in [-0.39, 0.29) is 5.54 Å². The molecule has 4 saturated carbocycles. The van der Waals surface area contributed by atoms with Crippen LogP contribution in [0.5, 0.6) is 0 Å². The standard InChI is InChI=1S/C10H17NO3S/c12-13-14-15-11-10-4-7-1-8(5-10)3-9(2-7)6-10/h7-9,11-12H,1-6H2. The molecule has 4 nitrogen and oxygen atoms in total. The van der Waals surface area contributed by atoms with Crippen LogP contribution < -0.4 is 4.72 Å². The topological polar surface area (TPSA) is 50.7 Å². The molecule has 0 unspecified atom stereocenters. The molecule has 2 N–H and O–H groups in total. The fraction of sp³-hybridized carbons (Fsp3) is 1.00. The smallest absolute Gasteiger partial charge is 0.121 e. The quantitative estimate of drug-likeness (QED) is 0.256. The molecule has 0 aromatic heterocycles. The number of nitrogens with one attached hydrogen (secondary N) is 1. The van der Waals surface area contributed by atoms with E-state index >= 15 is 0 Å². The molecule has 4 fully saturated rings. The molecule has 0 radical (unpaired) electrons. The summed E-state index contributed by atoms with van der Waals surface area (Å²) in [7, 11) is 0. The van der Waals surface area contributed by atoms with Gasteiger partial charge in [0.15, 0.2) is 0 Å². The van der Waals surface area contributed by atoms with Crippen LogP contribution in [0.2, 0.25) is 0 Å². The molecule has 5 heteroatoms. The van der Waals surface area contributed by atoms with Crippen LogP contribution in [0.1, 0.15) is 38.5 Å². The van der Waals surface area contributed by atoms with E-state index in [0.717, 1.165) is 30.0 Å². The van der Waals surface area contributed by atoms with Gasteiger partial charge in [-0.25, -0.2) is 9.98 Å². The Labute approximate surface area is 93.9 Å². The van der Waals surface area contributed by atoms with Crippen molar-refractivity contribution in [2.75, 3.05) is 0 Å². The molecule has 0 heterocycles. The molecule has 0 aliphatic heterocycles. The summed E-state index contributed by atoms with van der Waals surface area (Å²) in [4.78, 5) is 0. The Kier molecular flexibility index (Phi) is 2.68. The third-order valence-corrected chi connectivity index (χ3v) is 5.01. The van der Waals surface area contributed by atoms with Gasteiger partial charge in [-0.1, -0.05) is 5.04 Å². The average Bonchev–Trinajstić information content (AvgIpc) is 2.15. The Morgan fingerprint density at radius 2 is 1.60 bits per heavy atom. The Bertz CT molecular complexity index is 214. The summed E-state index contributed by atoms with van der Waals surface area (Å²) in [5.74, 6) is 2.75. The average molecular weight is 231 g/mol. The van der Waals surface area contributed by atoms with Gasteiger partial charge in [-0.15, -0.1) is 4.33 Å². The lowest BCUT2D eigenvalue weighted by Crippen LogP contribution is -2.56. The van der Waals surface area contributed by atoms with Crippen molar-refractivity contribution in [3.8, 4) is 0 Å². The van der Waals surface area contributed by atoms with Crippen LogP contribution in [0.4, 0.5) is 0 Å². The fourth-order valence-corrected chi connectivity index (χ4v) is 4.85. The predicted molar refractivity (Wildman–Crippen MR) is 56.4 cm³/mol. The maximum atomic E-state index is 8.10. The van der Waals surface area contributed by atoms with Crippen LogP contribution in [0.25, 0.3) is 0 Å². The molecular weight excluding hydrogens is 214 g/mol. The van der Waals surface area contributed by atoms with Crippen LogP contribution in [-0.2, 0) is 9.37 Å². The van der Waals surface area contributed by atoms with Crippen molar-refractivity contribution < 1.29 is 14.6 Å². The molecule has 4 rings (SSSR count). The van der Waals surface area contributed by atoms with Crippen molar-refractivity contribution in [1.29, 1.82) is 0 Å². The minimum atomic E-state index is 0.248. The summed E-state index contributed by atoms with van der Waals surface area (Å²) in [6, 6.07) is 0. The molecule has 0 aromatic rings. The number of hydrogen-bond acceptors (Lipinski definition) is 5. The van der Waals surface area contributed by atoms with Crippen LogP contribution in [0.3, 0.4) is 0 Å². The SMILES string of the molecule is OOOSNC12CC3CC(CC(C3)C1)C2. The Morgan fingerprint density at radius 1 is 1.07 bits per heavy atom. The van der Waals surface area contributed by atoms with E-state index in [1.165, 1.54) is 38.5 Å². The molecule has 15 heavy (non-hydrogen) atoms. The van der Waals surface area contributed by atoms with E-state index in [1.807, 2.05) is 0 Å². The van der Waals surface area contributed by atoms with Crippen molar-refractivity contribution in [3.63, 3.8) is 0 Å². The van der Waals surface area contributed by atoms with Gasteiger partial charge in [-0.2, -0.15) is 0 Å². The van der Waals surface area contributed by atoms with Crippen molar-refractivity contribution in [1.82, 2.24) is 4.72 Å². The molecule has 4 aliphatic carbocycles. The minimum Gasteiger partial charge on any atom is -0.231 e. The first kappa shape index (κ1) is 10.4. The lowest BCUT2D eigenvalue weighted by molar-refractivity contribution is -0.432. The molecule has 4 aliphatic rings. The maximum Gasteiger partial charge on any atom is 0.121 e. The monoisotopic (exact) mass is 231 g/mol. The van der Waals surface area contributed by atoms with Crippen molar-refractivity contribution >= 4 is 12.2 Å². The predicted octanol–water partition coefficient (Wildman–Crippen LogP) is 2.53. The first-order chi connectivity index (χ1) is 7.30. The maximum absolute atomic E-state index is 8.10. The summed E-state index contributed by atoms with van der Waals surface area (Å²) >= 11 is 1.02. The fourth-order valence-electron chi connectivity index (χ4n) is 4.36. The Morgan fingerprint density at radius 3 is 2.07 bits per heavy atom. The second-order valence-electron chi connectivity index (χ2n) is 5.53. The highest BCUT2D eigenvalue weighted by molar-refractivity contribution is 7.92. The zero-order valence-electron chi connectivity index (χ0n) is 8.65. The van der Waals surface area contributed by atoms with Crippen molar-refractivity contribution in [3.05, 3.63) is 0 Å². The summed E-state index contributed by atoms with van der Waals surface area (Å²) in [5, 5.41) is 11.7. The third-order valence-electron chi connectivity index (χ3n) is 4.36. The first-order valence-electron chi connectivity index (χ1n) is 5.70. The first-order valence-corrected chi connectivity index (χ1v) is 6.45. The molecule has 0 saturated heterocycles. The van der Waals surface area contributed by atoms with Gasteiger partial charge in [-0.05, 0) is 56.3 Å². The van der Waals surface area contributed by atoms with E-state index in [2.05, 4.69) is 14.1 Å². The summed E-state index contributed by atoms with van der Waals surface area (Å²) in [5.41, 5.74) is 0.248. The zero-order chi connectivity index (χ0) is 10.3. The number of hydrogen-bond donors (Lipinski definition) is 2. The van der Waals surface area contributed by atoms with Crippen LogP contribution in [0.15, 0.2) is 0 Å². The Balaban J connectivity index is 1.65. The summed E-state index contributed by atoms with van der Waals surface area (Å²) in [6.45, 7) is 0. The second kappa shape index (κ2) is 3.89. The third kappa shape index (κ3) is 1.91. The van der Waals surface area contributed by atoms with Crippen molar-refractivity contribution in [2.45, 2.75) is 44.1 Å². The van der Waals surface area contributed by atoms with E-state index in [1.54, 1.807) is 0 Å². The lowest BCUT2D eigenvalue weighted by Gasteiger charge is -2.56. The van der Waals surface area contributed by atoms with Gasteiger partial charge < -0.3 is 0 Å². The van der Waals surface area contributed by atoms with E-state index in [0.29, 0.717) is 0 Å². The molecular formula is C10H17NO3S. The normalized spacial score (nSPS) is 47.4. The van der Waals surface area contributed by atoms with Crippen molar-refractivity contribution in [2.24, 2.45) is 17.8 Å². The lowest BCUT2D eigenvalue weighted by atomic mass is 9.53. The van der Waals surface area contributed by atoms with Gasteiger partial charge in [0.2, 0.25) is 0 Å². The highest BCUT2D eigenvalue weighted by atomic mass is 32.2. The molecule has 86 valence electrons. The van der Waals surface area contributed by atoms with Gasteiger partial charge >= 0.3 is 0 Å². The van der Waals surface area contributed by atoms with Gasteiger partial charge in [-0.3, -0.25) is 0 Å². The van der Waals surface area contributed by atoms with E-state index in [9.17, 15) is 0 Å². The molecule has 4 bridgehead atoms. The zero-order valence-corrected chi connectivity index (χ0v) is 9.46. The summed E-state index contributed by atoms with van der Waals surface area (Å²) < 4.78 is 7.77. The second-order valence-corrected chi connectivity index (χ2v) is 6.03. The largest absolute Gasteiger partial charge is 0.231 e. The molecule has 0 aromatic carbocycles. The highest BCUT2D eigenvalue weighted by Gasteiger charge is 2.51. The minimum absolute atomic E-state index is 0.248.